The van der Waals surface area contributed by atoms with Crippen molar-refractivity contribution in [3.8, 4) is 35.4 Å². The molecule has 4 saturated heterocycles. The van der Waals surface area contributed by atoms with Gasteiger partial charge in [0, 0.05) is 72.2 Å². The number of alkyl halides is 1. The molecule has 2 aliphatic carbocycles. The number of nitrogens with one attached hydrogen (secondary N) is 1. The third kappa shape index (κ3) is 21.3. The Kier molecular flexibility index (Phi) is 22.8. The Morgan fingerprint density at radius 1 is 0.634 bits per heavy atom. The van der Waals surface area contributed by atoms with E-state index >= 15 is 0 Å². The first-order chi connectivity index (χ1) is 33.9. The minimum atomic E-state index is -0.466. The average Bonchev–Trinajstić information content (AvgIpc) is 3.26. The van der Waals surface area contributed by atoms with E-state index in [1.54, 1.807) is 22.2 Å². The van der Waals surface area contributed by atoms with Gasteiger partial charge >= 0.3 is 12.2 Å². The summed E-state index contributed by atoms with van der Waals surface area (Å²) >= 11 is 9.95. The molecule has 6 aliphatic rings. The summed E-state index contributed by atoms with van der Waals surface area (Å²) in [6.07, 6.45) is 12.6. The molecule has 0 radical (unpaired) electrons. The van der Waals surface area contributed by atoms with Gasteiger partial charge in [-0.2, -0.15) is 0 Å². The van der Waals surface area contributed by atoms with Crippen LogP contribution in [0.15, 0.2) is 45.6 Å². The first-order valence-electron chi connectivity index (χ1n) is 24.9. The van der Waals surface area contributed by atoms with E-state index < -0.39 is 11.2 Å². The number of hydrogen-bond acceptors (Lipinski definition) is 14. The summed E-state index contributed by atoms with van der Waals surface area (Å²) in [5.74, 6) is 13.5. The van der Waals surface area contributed by atoms with E-state index in [-0.39, 0.29) is 54.9 Å². The number of carbonyl (C=O) groups excluding carboxylic acids is 2. The Morgan fingerprint density at radius 2 is 1.13 bits per heavy atom. The van der Waals surface area contributed by atoms with Gasteiger partial charge in [-0.25, -0.2) is 19.6 Å². The molecule has 2 saturated carbocycles. The molecule has 71 heavy (non-hydrogen) atoms. The number of carbonyl (C=O) groups is 2. The predicted octanol–water partition coefficient (Wildman–Crippen LogP) is 8.42. The van der Waals surface area contributed by atoms with Crippen molar-refractivity contribution in [2.75, 3.05) is 77.4 Å². The van der Waals surface area contributed by atoms with Crippen molar-refractivity contribution in [1.82, 2.24) is 30.0 Å². The number of ether oxygens (including phenoxy) is 8. The Hall–Kier alpha value is -3.24. The Bertz CT molecular complexity index is 2060. The third-order valence-corrected chi connectivity index (χ3v) is 13.2. The van der Waals surface area contributed by atoms with E-state index in [0.717, 1.165) is 86.6 Å². The monoisotopic (exact) mass is 1180 g/mol. The predicted molar refractivity (Wildman–Crippen MR) is 281 cm³/mol. The molecule has 0 aromatic carbocycles. The minimum absolute atomic E-state index is 0.0989. The van der Waals surface area contributed by atoms with E-state index in [1.807, 2.05) is 65.8 Å². The van der Waals surface area contributed by atoms with Crippen LogP contribution in [-0.2, 0) is 28.4 Å². The molecule has 392 valence electrons. The molecule has 0 spiro atoms. The van der Waals surface area contributed by atoms with E-state index in [4.69, 9.17) is 37.9 Å². The van der Waals surface area contributed by atoms with E-state index in [1.165, 1.54) is 6.42 Å². The van der Waals surface area contributed by atoms with E-state index in [0.29, 0.717) is 62.6 Å². The number of hydrogen-bond donors (Lipinski definition) is 1. The van der Waals surface area contributed by atoms with Crippen LogP contribution in [0.4, 0.5) is 9.59 Å². The molecule has 16 nitrogen and oxygen atoms in total. The van der Waals surface area contributed by atoms with Gasteiger partial charge in [0.2, 0.25) is 11.8 Å². The van der Waals surface area contributed by atoms with E-state index in [2.05, 4.69) is 91.7 Å². The standard InChI is InChI=1S/C26H36BrN3O5.C13H13Br2NO2.C13H24N2O3/c1-26(2,3)35-25(31)30-17-23(18-30)33-20-7-6-11-29(16-20)10-4-5-12-32-21-13-22(14-21)34-24-9-8-19(27)15-28-24;14-5-1-2-6-17-11-7-12(8-11)18-13-4-3-10(15)9-16-13;1-13(2,3)18-12(16)15-8-11(9-15)17-10-5-4-6-14-7-10/h8-9,15,20-23H,6-7,10-14,16-18H2,1-3H3;3-4,9,11-12H,5-8H2;10-11,14H,4-9H2,1-3H3. The zero-order valence-electron chi connectivity index (χ0n) is 42.2. The number of pyridine rings is 2. The van der Waals surface area contributed by atoms with Gasteiger partial charge in [-0.05, 0) is 124 Å². The van der Waals surface area contributed by atoms with Crippen LogP contribution in [0.2, 0.25) is 0 Å². The van der Waals surface area contributed by atoms with Crippen molar-refractivity contribution in [3.63, 3.8) is 0 Å². The van der Waals surface area contributed by atoms with Crippen LogP contribution in [-0.4, -0.2) is 174 Å². The fraction of sp³-hybridized carbons (Fsp3) is 0.692. The van der Waals surface area contributed by atoms with Crippen LogP contribution >= 0.6 is 47.8 Å². The van der Waals surface area contributed by atoms with Crippen LogP contribution in [0.5, 0.6) is 11.8 Å². The smallest absolute Gasteiger partial charge is 0.410 e. The molecule has 2 aromatic rings. The van der Waals surface area contributed by atoms with Crippen molar-refractivity contribution in [1.29, 1.82) is 0 Å². The number of amides is 2. The van der Waals surface area contributed by atoms with Crippen LogP contribution in [0.25, 0.3) is 0 Å². The molecule has 6 heterocycles. The van der Waals surface area contributed by atoms with Gasteiger partial charge in [0.25, 0.3) is 0 Å². The second-order valence-electron chi connectivity index (χ2n) is 20.5. The Labute approximate surface area is 446 Å². The Balaban J connectivity index is 0.000000192. The first kappa shape index (κ1) is 57.0. The second-order valence-corrected chi connectivity index (χ2v) is 22.9. The summed E-state index contributed by atoms with van der Waals surface area (Å²) in [5, 5.41) is 4.02. The fourth-order valence-electron chi connectivity index (χ4n) is 8.09. The lowest BCUT2D eigenvalue weighted by atomic mass is 9.92. The van der Waals surface area contributed by atoms with Crippen molar-refractivity contribution in [2.24, 2.45) is 0 Å². The first-order valence-corrected chi connectivity index (χ1v) is 27.6. The highest BCUT2D eigenvalue weighted by atomic mass is 79.9. The molecule has 2 atom stereocenters. The van der Waals surface area contributed by atoms with Gasteiger partial charge in [0.05, 0.1) is 74.7 Å². The quantitative estimate of drug-likeness (QED) is 0.151. The number of likely N-dealkylation sites (tertiary alicyclic amines) is 3. The summed E-state index contributed by atoms with van der Waals surface area (Å²) in [5.41, 5.74) is -0.887. The van der Waals surface area contributed by atoms with Gasteiger partial charge in [-0.15, -0.1) is 0 Å². The maximum absolute atomic E-state index is 12.1. The molecule has 1 N–H and O–H groups in total. The summed E-state index contributed by atoms with van der Waals surface area (Å²) in [7, 11) is 0. The number of nitrogens with zero attached hydrogens (tertiary/aromatic N) is 5. The SMILES string of the molecule is BrCC#CCOC1CC(Oc2ccc(Br)cn2)C1.CC(C)(C)OC(=O)N1CC(OC2CCCN(CC#CCOC3CC(Oc4ccc(Br)cn4)C3)C2)C1.CC(C)(C)OC(=O)N1CC(OC2CCCNC2)C1. The van der Waals surface area contributed by atoms with Gasteiger partial charge in [0.1, 0.15) is 36.6 Å². The number of halogens is 3. The molecule has 6 fully saturated rings. The fourth-order valence-corrected chi connectivity index (χ4v) is 8.76. The van der Waals surface area contributed by atoms with Crippen LogP contribution in [0.3, 0.4) is 0 Å². The van der Waals surface area contributed by atoms with Crippen LogP contribution in [0, 0.1) is 23.7 Å². The lowest BCUT2D eigenvalue weighted by Crippen LogP contribution is -2.57. The van der Waals surface area contributed by atoms with Crippen molar-refractivity contribution in [3.05, 3.63) is 45.6 Å². The lowest BCUT2D eigenvalue weighted by molar-refractivity contribution is -0.108. The molecule has 2 aromatic heterocycles. The number of piperidine rings is 2. The minimum Gasteiger partial charge on any atom is -0.474 e. The van der Waals surface area contributed by atoms with Crippen molar-refractivity contribution >= 4 is 60.0 Å². The van der Waals surface area contributed by atoms with Gasteiger partial charge in [0.15, 0.2) is 0 Å². The van der Waals surface area contributed by atoms with E-state index in [9.17, 15) is 9.59 Å². The zero-order chi connectivity index (χ0) is 50.8. The van der Waals surface area contributed by atoms with Gasteiger partial charge in [-0.3, -0.25) is 4.90 Å². The summed E-state index contributed by atoms with van der Waals surface area (Å²) < 4.78 is 47.7. The normalized spacial score (nSPS) is 24.4. The molecular formula is C52H73Br3N6O10. The maximum Gasteiger partial charge on any atom is 0.410 e. The summed E-state index contributed by atoms with van der Waals surface area (Å²) in [4.78, 5) is 37.9. The largest absolute Gasteiger partial charge is 0.474 e. The maximum atomic E-state index is 12.1. The molecule has 4 aliphatic heterocycles. The highest BCUT2D eigenvalue weighted by Crippen LogP contribution is 2.29. The van der Waals surface area contributed by atoms with Crippen LogP contribution < -0.4 is 14.8 Å². The topological polar surface area (TPSA) is 156 Å². The molecule has 2 unspecified atom stereocenters. The highest BCUT2D eigenvalue weighted by molar-refractivity contribution is 9.10. The molecule has 2 amide bonds. The second kappa shape index (κ2) is 28.4. The van der Waals surface area contributed by atoms with Crippen LogP contribution in [0.1, 0.15) is 92.9 Å². The zero-order valence-corrected chi connectivity index (χ0v) is 46.9. The highest BCUT2D eigenvalue weighted by Gasteiger charge is 2.38. The van der Waals surface area contributed by atoms with Crippen molar-refractivity contribution < 1.29 is 47.5 Å². The Morgan fingerprint density at radius 3 is 1.58 bits per heavy atom. The molecular weight excluding hydrogens is 1110 g/mol. The van der Waals surface area contributed by atoms with Gasteiger partial charge < -0.3 is 53.0 Å². The molecule has 8 rings (SSSR count). The van der Waals surface area contributed by atoms with Crippen molar-refractivity contribution in [2.45, 2.75) is 153 Å². The number of aromatic nitrogens is 2. The third-order valence-electron chi connectivity index (χ3n) is 12.0. The van der Waals surface area contributed by atoms with Gasteiger partial charge in [-0.1, -0.05) is 39.6 Å². The molecule has 19 heteroatoms. The average molecular weight is 1180 g/mol. The number of rotatable bonds is 13. The molecule has 0 bridgehead atoms. The lowest BCUT2D eigenvalue weighted by Gasteiger charge is -2.42. The summed E-state index contributed by atoms with van der Waals surface area (Å²) in [6, 6.07) is 7.57. The summed E-state index contributed by atoms with van der Waals surface area (Å²) in [6.45, 7) is 19.4.